The highest BCUT2D eigenvalue weighted by Crippen LogP contribution is 2.20. The van der Waals surface area contributed by atoms with E-state index in [0.717, 1.165) is 0 Å². The van der Waals surface area contributed by atoms with Crippen molar-refractivity contribution in [1.29, 1.82) is 0 Å². The highest BCUT2D eigenvalue weighted by molar-refractivity contribution is 5.54. The number of aryl methyl sites for hydroxylation is 1. The van der Waals surface area contributed by atoms with E-state index in [1.54, 1.807) is 7.05 Å². The van der Waals surface area contributed by atoms with Crippen LogP contribution in [0.15, 0.2) is 17.1 Å². The third-order valence-corrected chi connectivity index (χ3v) is 2.05. The molecule has 2 heterocycles. The van der Waals surface area contributed by atoms with E-state index < -0.39 is 4.92 Å². The fourth-order valence-electron chi connectivity index (χ4n) is 1.33. The van der Waals surface area contributed by atoms with Gasteiger partial charge >= 0.3 is 5.69 Å². The number of rotatable bonds is 5. The molecule has 0 fully saturated rings. The minimum Gasteiger partial charge on any atom is -0.362 e. The zero-order valence-corrected chi connectivity index (χ0v) is 9.03. The summed E-state index contributed by atoms with van der Waals surface area (Å²) in [6.45, 7) is 0.442. The first-order valence-electron chi connectivity index (χ1n) is 4.84. The molecule has 0 saturated carbocycles. The van der Waals surface area contributed by atoms with Gasteiger partial charge < -0.3 is 9.84 Å². The molecule has 0 bridgehead atoms. The van der Waals surface area contributed by atoms with Gasteiger partial charge in [0, 0.05) is 20.0 Å². The van der Waals surface area contributed by atoms with Gasteiger partial charge in [0.15, 0.2) is 5.82 Å². The lowest BCUT2D eigenvalue weighted by molar-refractivity contribution is -0.384. The van der Waals surface area contributed by atoms with Crippen molar-refractivity contribution in [1.82, 2.24) is 19.9 Å². The summed E-state index contributed by atoms with van der Waals surface area (Å²) in [5.41, 5.74) is -0.0550. The summed E-state index contributed by atoms with van der Waals surface area (Å²) < 4.78 is 5.95. The molecule has 0 radical (unpaired) electrons. The summed E-state index contributed by atoms with van der Waals surface area (Å²) in [4.78, 5) is 14.0. The van der Waals surface area contributed by atoms with Gasteiger partial charge in [-0.3, -0.25) is 14.8 Å². The predicted molar refractivity (Wildman–Crippen MR) is 56.4 cm³/mol. The number of hydrogen-bond acceptors (Lipinski definition) is 7. The minimum absolute atomic E-state index is 0.0550. The fraction of sp³-hybridized carbons (Fsp3) is 0.375. The van der Waals surface area contributed by atoms with Gasteiger partial charge in [-0.1, -0.05) is 5.16 Å². The Morgan fingerprint density at radius 1 is 1.65 bits per heavy atom. The molecule has 0 aliphatic rings. The molecule has 0 amide bonds. The van der Waals surface area contributed by atoms with E-state index in [9.17, 15) is 10.1 Å². The molecule has 9 nitrogen and oxygen atoms in total. The molecule has 0 aromatic carbocycles. The molecule has 9 heteroatoms. The molecule has 0 saturated heterocycles. The van der Waals surface area contributed by atoms with Crippen molar-refractivity contribution >= 4 is 11.5 Å². The Hall–Kier alpha value is -2.45. The van der Waals surface area contributed by atoms with Crippen molar-refractivity contribution < 1.29 is 9.45 Å². The Kier molecular flexibility index (Phi) is 2.99. The Labute approximate surface area is 95.6 Å². The van der Waals surface area contributed by atoms with Gasteiger partial charge in [-0.25, -0.2) is 0 Å². The van der Waals surface area contributed by atoms with Crippen molar-refractivity contribution in [2.24, 2.45) is 7.05 Å². The third kappa shape index (κ3) is 2.56. The third-order valence-electron chi connectivity index (χ3n) is 2.05. The molecular formula is C8H10N6O3. The van der Waals surface area contributed by atoms with Gasteiger partial charge in [-0.2, -0.15) is 4.98 Å². The van der Waals surface area contributed by atoms with Crippen molar-refractivity contribution in [2.45, 2.75) is 6.42 Å². The summed E-state index contributed by atoms with van der Waals surface area (Å²) in [5.74, 6) is 0.775. The predicted octanol–water partition coefficient (Wildman–Crippen LogP) is 0.366. The van der Waals surface area contributed by atoms with Crippen LogP contribution in [0.1, 0.15) is 5.82 Å². The van der Waals surface area contributed by atoms with E-state index in [0.29, 0.717) is 18.8 Å². The summed E-state index contributed by atoms with van der Waals surface area (Å²) >= 11 is 0. The Bertz CT molecular complexity index is 505. The highest BCUT2D eigenvalue weighted by atomic mass is 16.6. The number of anilines is 1. The molecule has 0 spiro atoms. The van der Waals surface area contributed by atoms with Crippen LogP contribution < -0.4 is 5.32 Å². The van der Waals surface area contributed by atoms with Crippen LogP contribution >= 0.6 is 0 Å². The molecule has 0 aliphatic carbocycles. The van der Waals surface area contributed by atoms with E-state index in [1.165, 1.54) is 17.3 Å². The maximum atomic E-state index is 10.7. The Balaban J connectivity index is 1.96. The fourth-order valence-corrected chi connectivity index (χ4v) is 1.33. The largest absolute Gasteiger partial charge is 0.362 e. The molecule has 90 valence electrons. The van der Waals surface area contributed by atoms with Crippen LogP contribution in [-0.4, -0.2) is 31.4 Å². The number of aromatic nitrogens is 4. The van der Waals surface area contributed by atoms with Crippen molar-refractivity contribution in [3.8, 4) is 0 Å². The number of nitrogens with zero attached hydrogens (tertiary/aromatic N) is 5. The van der Waals surface area contributed by atoms with Crippen molar-refractivity contribution in [3.05, 3.63) is 28.5 Å². The van der Waals surface area contributed by atoms with Gasteiger partial charge in [0.2, 0.25) is 12.2 Å². The molecule has 17 heavy (non-hydrogen) atoms. The van der Waals surface area contributed by atoms with E-state index in [4.69, 9.17) is 0 Å². The number of hydrogen-bond donors (Lipinski definition) is 1. The van der Waals surface area contributed by atoms with Crippen molar-refractivity contribution in [3.63, 3.8) is 0 Å². The van der Waals surface area contributed by atoms with Crippen LogP contribution in [0.25, 0.3) is 0 Å². The minimum atomic E-state index is -0.482. The lowest BCUT2D eigenvalue weighted by atomic mass is 10.4. The first-order chi connectivity index (χ1) is 8.16. The molecule has 2 aromatic rings. The second kappa shape index (κ2) is 4.60. The summed E-state index contributed by atoms with van der Waals surface area (Å²) in [6.07, 6.45) is 3.08. The normalized spacial score (nSPS) is 10.4. The molecule has 0 atom stereocenters. The van der Waals surface area contributed by atoms with E-state index in [1.807, 2.05) is 0 Å². The SMILES string of the molecule is Cn1cc([N+](=O)[O-])c(NCCc2ncon2)n1. The highest BCUT2D eigenvalue weighted by Gasteiger charge is 2.17. The summed E-state index contributed by atoms with van der Waals surface area (Å²) in [6, 6.07) is 0. The zero-order chi connectivity index (χ0) is 12.3. The molecule has 0 aliphatic heterocycles. The quantitative estimate of drug-likeness (QED) is 0.591. The maximum absolute atomic E-state index is 10.7. The molecule has 0 unspecified atom stereocenters. The van der Waals surface area contributed by atoms with E-state index in [-0.39, 0.29) is 11.5 Å². The smallest absolute Gasteiger partial charge is 0.330 e. The van der Waals surface area contributed by atoms with Crippen LogP contribution in [0.4, 0.5) is 11.5 Å². The summed E-state index contributed by atoms with van der Waals surface area (Å²) in [5, 5.41) is 21.1. The molecular weight excluding hydrogens is 228 g/mol. The Morgan fingerprint density at radius 3 is 3.12 bits per heavy atom. The first kappa shape index (κ1) is 11.0. The second-order valence-electron chi connectivity index (χ2n) is 3.32. The monoisotopic (exact) mass is 238 g/mol. The standard InChI is InChI=1S/C8H10N6O3/c1-13-4-6(14(15)16)8(11-13)9-3-2-7-10-5-17-12-7/h4-5H,2-3H2,1H3,(H,9,11). The van der Waals surface area contributed by atoms with Gasteiger partial charge in [-0.05, 0) is 0 Å². The van der Waals surface area contributed by atoms with Gasteiger partial charge in [0.1, 0.15) is 6.20 Å². The maximum Gasteiger partial charge on any atom is 0.330 e. The topological polar surface area (TPSA) is 112 Å². The molecule has 2 rings (SSSR count). The van der Waals surface area contributed by atoms with Crippen LogP contribution in [0, 0.1) is 10.1 Å². The number of nitrogens with one attached hydrogen (secondary N) is 1. The molecule has 2 aromatic heterocycles. The summed E-state index contributed by atoms with van der Waals surface area (Å²) in [7, 11) is 1.62. The lowest BCUT2D eigenvalue weighted by Crippen LogP contribution is -2.08. The lowest BCUT2D eigenvalue weighted by Gasteiger charge is -1.99. The van der Waals surface area contributed by atoms with Gasteiger partial charge in [0.25, 0.3) is 0 Å². The van der Waals surface area contributed by atoms with Crippen LogP contribution in [0.3, 0.4) is 0 Å². The van der Waals surface area contributed by atoms with E-state index >= 15 is 0 Å². The van der Waals surface area contributed by atoms with Gasteiger partial charge in [0.05, 0.1) is 4.92 Å². The zero-order valence-electron chi connectivity index (χ0n) is 9.03. The second-order valence-corrected chi connectivity index (χ2v) is 3.32. The first-order valence-corrected chi connectivity index (χ1v) is 4.84. The van der Waals surface area contributed by atoms with Crippen LogP contribution in [0.5, 0.6) is 0 Å². The molecule has 1 N–H and O–H groups in total. The van der Waals surface area contributed by atoms with Crippen LogP contribution in [-0.2, 0) is 13.5 Å². The Morgan fingerprint density at radius 2 is 2.47 bits per heavy atom. The average Bonchev–Trinajstić information content (AvgIpc) is 2.88. The average molecular weight is 238 g/mol. The van der Waals surface area contributed by atoms with Gasteiger partial charge in [-0.15, -0.1) is 5.10 Å². The van der Waals surface area contributed by atoms with E-state index in [2.05, 4.69) is 25.1 Å². The van der Waals surface area contributed by atoms with Crippen molar-refractivity contribution in [2.75, 3.05) is 11.9 Å². The van der Waals surface area contributed by atoms with Crippen LogP contribution in [0.2, 0.25) is 0 Å². The number of nitro groups is 1.